The molecule has 0 saturated heterocycles. The highest BCUT2D eigenvalue weighted by Gasteiger charge is 2.21. The van der Waals surface area contributed by atoms with Crippen molar-refractivity contribution in [2.24, 2.45) is 0 Å². The second-order valence-corrected chi connectivity index (χ2v) is 6.39. The third kappa shape index (κ3) is 7.93. The molecular formula is C17H26N2O3S. The van der Waals surface area contributed by atoms with Gasteiger partial charge in [0.25, 0.3) is 0 Å². The quantitative estimate of drug-likeness (QED) is 0.679. The highest BCUT2D eigenvalue weighted by atomic mass is 32.2. The number of methoxy groups -OCH3 is 1. The van der Waals surface area contributed by atoms with E-state index < -0.39 is 12.0 Å². The molecule has 0 saturated carbocycles. The van der Waals surface area contributed by atoms with Crippen molar-refractivity contribution in [2.75, 3.05) is 19.1 Å². The summed E-state index contributed by atoms with van der Waals surface area (Å²) < 4.78 is 4.73. The monoisotopic (exact) mass is 338 g/mol. The van der Waals surface area contributed by atoms with Crippen molar-refractivity contribution in [1.82, 2.24) is 10.6 Å². The molecule has 6 heteroatoms. The Morgan fingerprint density at radius 1 is 1.17 bits per heavy atom. The van der Waals surface area contributed by atoms with Gasteiger partial charge in [-0.05, 0) is 43.8 Å². The minimum Gasteiger partial charge on any atom is -0.467 e. The Hall–Kier alpha value is -1.69. The van der Waals surface area contributed by atoms with Crippen LogP contribution >= 0.6 is 11.8 Å². The summed E-state index contributed by atoms with van der Waals surface area (Å²) >= 11 is 1.63. The fraction of sp³-hybridized carbons (Fsp3) is 0.529. The van der Waals surface area contributed by atoms with Gasteiger partial charge in [0, 0.05) is 6.04 Å². The summed E-state index contributed by atoms with van der Waals surface area (Å²) in [6.07, 6.45) is 4.25. The summed E-state index contributed by atoms with van der Waals surface area (Å²) in [5, 5.41) is 5.57. The fourth-order valence-electron chi connectivity index (χ4n) is 2.15. The molecule has 0 aliphatic rings. The van der Waals surface area contributed by atoms with E-state index in [1.165, 1.54) is 12.7 Å². The van der Waals surface area contributed by atoms with Crippen LogP contribution in [0.15, 0.2) is 30.3 Å². The van der Waals surface area contributed by atoms with Crippen LogP contribution in [0, 0.1) is 0 Å². The molecule has 1 aromatic carbocycles. The Labute approximate surface area is 142 Å². The molecule has 0 radical (unpaired) electrons. The van der Waals surface area contributed by atoms with Crippen LogP contribution in [0.3, 0.4) is 0 Å². The summed E-state index contributed by atoms with van der Waals surface area (Å²) in [7, 11) is 1.33. The first kappa shape index (κ1) is 19.4. The van der Waals surface area contributed by atoms with Crippen LogP contribution in [0.5, 0.6) is 0 Å². The summed E-state index contributed by atoms with van der Waals surface area (Å²) in [5.74, 6) is 0.370. The van der Waals surface area contributed by atoms with E-state index in [0.717, 1.165) is 18.6 Å². The van der Waals surface area contributed by atoms with E-state index in [4.69, 9.17) is 4.74 Å². The molecule has 2 amide bonds. The lowest BCUT2D eigenvalue weighted by Crippen LogP contribution is -2.49. The zero-order chi connectivity index (χ0) is 17.1. The fourth-order valence-corrected chi connectivity index (χ4v) is 2.62. The van der Waals surface area contributed by atoms with Crippen LogP contribution < -0.4 is 10.6 Å². The largest absolute Gasteiger partial charge is 0.467 e. The van der Waals surface area contributed by atoms with Crippen molar-refractivity contribution in [3.63, 3.8) is 0 Å². The Kier molecular flexibility index (Phi) is 9.21. The van der Waals surface area contributed by atoms with E-state index in [1.54, 1.807) is 11.8 Å². The lowest BCUT2D eigenvalue weighted by atomic mass is 10.1. The minimum atomic E-state index is -0.603. The molecule has 0 heterocycles. The van der Waals surface area contributed by atoms with Gasteiger partial charge in [0.15, 0.2) is 0 Å². The van der Waals surface area contributed by atoms with E-state index >= 15 is 0 Å². The number of carbonyl (C=O) groups is 2. The van der Waals surface area contributed by atoms with Crippen LogP contribution in [-0.2, 0) is 16.0 Å². The van der Waals surface area contributed by atoms with E-state index in [2.05, 4.69) is 22.8 Å². The van der Waals surface area contributed by atoms with Crippen LogP contribution in [0.2, 0.25) is 0 Å². The second-order valence-electron chi connectivity index (χ2n) is 5.40. The maximum absolute atomic E-state index is 12.0. The summed E-state index contributed by atoms with van der Waals surface area (Å²) in [6, 6.07) is 9.23. The molecule has 0 spiro atoms. The van der Waals surface area contributed by atoms with Gasteiger partial charge in [-0.2, -0.15) is 11.8 Å². The van der Waals surface area contributed by atoms with Crippen LogP contribution in [0.25, 0.3) is 0 Å². The third-order valence-corrected chi connectivity index (χ3v) is 4.13. The lowest BCUT2D eigenvalue weighted by molar-refractivity contribution is -0.142. The zero-order valence-electron chi connectivity index (χ0n) is 14.0. The Balaban J connectivity index is 2.38. The Bertz CT molecular complexity index is 482. The van der Waals surface area contributed by atoms with E-state index in [-0.39, 0.29) is 12.1 Å². The van der Waals surface area contributed by atoms with Crippen LogP contribution in [-0.4, -0.2) is 43.2 Å². The summed E-state index contributed by atoms with van der Waals surface area (Å²) in [5.41, 5.74) is 1.24. The number of ether oxygens (including phenoxy) is 1. The van der Waals surface area contributed by atoms with Crippen molar-refractivity contribution in [3.8, 4) is 0 Å². The summed E-state index contributed by atoms with van der Waals surface area (Å²) in [4.78, 5) is 23.7. The van der Waals surface area contributed by atoms with Gasteiger partial charge in [-0.25, -0.2) is 9.59 Å². The van der Waals surface area contributed by atoms with E-state index in [0.29, 0.717) is 6.42 Å². The topological polar surface area (TPSA) is 67.4 Å². The number of urea groups is 1. The average Bonchev–Trinajstić information content (AvgIpc) is 2.56. The number of hydrogen-bond donors (Lipinski definition) is 2. The van der Waals surface area contributed by atoms with Crippen molar-refractivity contribution in [1.29, 1.82) is 0 Å². The van der Waals surface area contributed by atoms with Crippen molar-refractivity contribution in [3.05, 3.63) is 35.9 Å². The highest BCUT2D eigenvalue weighted by Crippen LogP contribution is 2.05. The Morgan fingerprint density at radius 2 is 1.87 bits per heavy atom. The van der Waals surface area contributed by atoms with E-state index in [1.807, 2.05) is 31.4 Å². The van der Waals surface area contributed by atoms with Crippen LogP contribution in [0.1, 0.15) is 25.3 Å². The number of benzene rings is 1. The Morgan fingerprint density at radius 3 is 2.48 bits per heavy atom. The predicted octanol–water partition coefficient (Wildman–Crippen LogP) is 2.60. The first-order chi connectivity index (χ1) is 11.1. The van der Waals surface area contributed by atoms with Gasteiger partial charge in [0.05, 0.1) is 7.11 Å². The molecule has 5 nitrogen and oxygen atoms in total. The maximum atomic E-state index is 12.0. The number of aryl methyl sites for hydroxylation is 1. The molecule has 0 aliphatic heterocycles. The average molecular weight is 338 g/mol. The molecule has 1 rings (SSSR count). The SMILES string of the molecule is COC(=O)[C@H](CCSC)NC(=O)N[C@@H](C)CCc1ccccc1. The number of carbonyl (C=O) groups excluding carboxylic acids is 2. The van der Waals surface area contributed by atoms with Gasteiger partial charge in [-0.3, -0.25) is 0 Å². The smallest absolute Gasteiger partial charge is 0.328 e. The molecule has 0 aromatic heterocycles. The molecule has 2 N–H and O–H groups in total. The minimum absolute atomic E-state index is 0.0223. The van der Waals surface area contributed by atoms with Gasteiger partial charge < -0.3 is 15.4 Å². The molecule has 2 atom stereocenters. The molecule has 0 aliphatic carbocycles. The highest BCUT2D eigenvalue weighted by molar-refractivity contribution is 7.98. The lowest BCUT2D eigenvalue weighted by Gasteiger charge is -2.19. The molecular weight excluding hydrogens is 312 g/mol. The number of esters is 1. The number of amides is 2. The molecule has 0 bridgehead atoms. The predicted molar refractivity (Wildman–Crippen MR) is 94.7 cm³/mol. The standard InChI is InChI=1S/C17H26N2O3S/c1-13(9-10-14-7-5-4-6-8-14)18-17(21)19-15(11-12-23-3)16(20)22-2/h4-8,13,15H,9-12H2,1-3H3,(H2,18,19,21)/t13-,15-/m0/s1. The van der Waals surface area contributed by atoms with Gasteiger partial charge in [-0.1, -0.05) is 30.3 Å². The first-order valence-electron chi connectivity index (χ1n) is 7.74. The first-order valence-corrected chi connectivity index (χ1v) is 9.14. The zero-order valence-corrected chi connectivity index (χ0v) is 14.8. The molecule has 128 valence electrons. The maximum Gasteiger partial charge on any atom is 0.328 e. The van der Waals surface area contributed by atoms with Crippen molar-refractivity contribution < 1.29 is 14.3 Å². The number of nitrogens with one attached hydrogen (secondary N) is 2. The number of thioether (sulfide) groups is 1. The van der Waals surface area contributed by atoms with Gasteiger partial charge in [-0.15, -0.1) is 0 Å². The van der Waals surface area contributed by atoms with Gasteiger partial charge >= 0.3 is 12.0 Å². The second kappa shape index (κ2) is 10.9. The third-order valence-electron chi connectivity index (χ3n) is 3.49. The van der Waals surface area contributed by atoms with Crippen molar-refractivity contribution >= 4 is 23.8 Å². The number of rotatable bonds is 9. The normalized spacial score (nSPS) is 13.0. The number of hydrogen-bond acceptors (Lipinski definition) is 4. The molecule has 0 fully saturated rings. The van der Waals surface area contributed by atoms with Gasteiger partial charge in [0.2, 0.25) is 0 Å². The van der Waals surface area contributed by atoms with E-state index in [9.17, 15) is 9.59 Å². The van der Waals surface area contributed by atoms with Crippen molar-refractivity contribution in [2.45, 2.75) is 38.3 Å². The molecule has 1 aromatic rings. The summed E-state index contributed by atoms with van der Waals surface area (Å²) in [6.45, 7) is 1.96. The molecule has 23 heavy (non-hydrogen) atoms. The van der Waals surface area contributed by atoms with Gasteiger partial charge in [0.1, 0.15) is 6.04 Å². The molecule has 0 unspecified atom stereocenters. The van der Waals surface area contributed by atoms with Crippen LogP contribution in [0.4, 0.5) is 4.79 Å².